The minimum atomic E-state index is 0.671. The van der Waals surface area contributed by atoms with E-state index in [1.807, 2.05) is 42.5 Å². The van der Waals surface area contributed by atoms with E-state index >= 15 is 0 Å². The fourth-order valence-electron chi connectivity index (χ4n) is 2.22. The van der Waals surface area contributed by atoms with Gasteiger partial charge in [0.25, 0.3) is 0 Å². The number of nitriles is 1. The Kier molecular flexibility index (Phi) is 5.09. The van der Waals surface area contributed by atoms with Crippen molar-refractivity contribution in [2.24, 2.45) is 0 Å². The molecule has 0 saturated carbocycles. The molecule has 0 atom stereocenters. The summed E-state index contributed by atoms with van der Waals surface area (Å²) in [5, 5.41) is 16.8. The number of aromatic nitrogens is 3. The molecule has 0 saturated heterocycles. The summed E-state index contributed by atoms with van der Waals surface area (Å²) in [4.78, 5) is 4.46. The van der Waals surface area contributed by atoms with E-state index in [0.29, 0.717) is 10.7 Å². The molecule has 0 spiro atoms. The van der Waals surface area contributed by atoms with Crippen LogP contribution in [0.25, 0.3) is 12.2 Å². The third-order valence-corrected chi connectivity index (χ3v) is 4.43. The predicted octanol–water partition coefficient (Wildman–Crippen LogP) is 4.45. The number of nitrogens with zero attached hydrogens (tertiary/aromatic N) is 3. The van der Waals surface area contributed by atoms with Crippen LogP contribution in [-0.2, 0) is 5.75 Å². The van der Waals surface area contributed by atoms with Crippen LogP contribution in [0.15, 0.2) is 53.7 Å². The molecule has 0 amide bonds. The van der Waals surface area contributed by atoms with Crippen LogP contribution in [0.5, 0.6) is 0 Å². The lowest BCUT2D eigenvalue weighted by molar-refractivity contribution is 0.972. The molecule has 1 heterocycles. The molecule has 0 radical (unpaired) electrons. The molecular formula is C19H16N4S. The second kappa shape index (κ2) is 7.62. The maximum absolute atomic E-state index is 8.93. The van der Waals surface area contributed by atoms with Crippen LogP contribution in [0.4, 0.5) is 0 Å². The zero-order chi connectivity index (χ0) is 16.8. The Balaban J connectivity index is 1.63. The predicted molar refractivity (Wildman–Crippen MR) is 97.2 cm³/mol. The Morgan fingerprint density at radius 2 is 2.04 bits per heavy atom. The highest BCUT2D eigenvalue weighted by molar-refractivity contribution is 7.98. The second-order valence-electron chi connectivity index (χ2n) is 5.29. The van der Waals surface area contributed by atoms with Gasteiger partial charge in [0.2, 0.25) is 5.16 Å². The summed E-state index contributed by atoms with van der Waals surface area (Å²) >= 11 is 1.54. The van der Waals surface area contributed by atoms with Gasteiger partial charge in [0.05, 0.1) is 11.6 Å². The molecular weight excluding hydrogens is 316 g/mol. The van der Waals surface area contributed by atoms with E-state index < -0.39 is 0 Å². The standard InChI is InChI=1S/C19H16N4S/c1-14-5-2-3-8-17(14)9-10-18-21-19(23-22-18)24-13-16-7-4-6-15(11-16)12-20/h2-11H,13H2,1H3,(H,21,22,23)/b10-9+. The van der Waals surface area contributed by atoms with Crippen LogP contribution in [0.1, 0.15) is 28.1 Å². The van der Waals surface area contributed by atoms with E-state index in [1.165, 1.54) is 5.56 Å². The molecule has 3 aromatic rings. The average molecular weight is 332 g/mol. The van der Waals surface area contributed by atoms with Crippen molar-refractivity contribution in [3.63, 3.8) is 0 Å². The van der Waals surface area contributed by atoms with Crippen LogP contribution in [0.2, 0.25) is 0 Å². The van der Waals surface area contributed by atoms with Crippen LogP contribution >= 0.6 is 11.8 Å². The summed E-state index contributed by atoms with van der Waals surface area (Å²) < 4.78 is 0. The van der Waals surface area contributed by atoms with Crippen LogP contribution in [0.3, 0.4) is 0 Å². The number of benzene rings is 2. The Morgan fingerprint density at radius 1 is 1.17 bits per heavy atom. The fourth-order valence-corrected chi connectivity index (χ4v) is 2.97. The Hall–Kier alpha value is -2.84. The number of nitrogens with one attached hydrogen (secondary N) is 1. The van der Waals surface area contributed by atoms with Gasteiger partial charge in [-0.15, -0.1) is 5.10 Å². The van der Waals surface area contributed by atoms with Gasteiger partial charge in [-0.1, -0.05) is 54.2 Å². The van der Waals surface area contributed by atoms with Crippen molar-refractivity contribution < 1.29 is 0 Å². The number of thioether (sulfide) groups is 1. The van der Waals surface area contributed by atoms with E-state index in [2.05, 4.69) is 40.3 Å². The number of hydrogen-bond donors (Lipinski definition) is 1. The topological polar surface area (TPSA) is 65.4 Å². The van der Waals surface area contributed by atoms with Gasteiger partial charge in [-0.25, -0.2) is 4.98 Å². The first-order valence-corrected chi connectivity index (χ1v) is 8.51. The van der Waals surface area contributed by atoms with Crippen molar-refractivity contribution in [3.05, 3.63) is 76.6 Å². The highest BCUT2D eigenvalue weighted by atomic mass is 32.2. The summed E-state index contributed by atoms with van der Waals surface area (Å²) in [6.07, 6.45) is 3.95. The maximum atomic E-state index is 8.93. The highest BCUT2D eigenvalue weighted by Crippen LogP contribution is 2.20. The molecule has 1 aromatic heterocycles. The van der Waals surface area contributed by atoms with E-state index in [1.54, 1.807) is 17.8 Å². The van der Waals surface area contributed by atoms with Crippen LogP contribution in [0, 0.1) is 18.3 Å². The van der Waals surface area contributed by atoms with E-state index in [4.69, 9.17) is 5.26 Å². The van der Waals surface area contributed by atoms with Gasteiger partial charge < -0.3 is 0 Å². The van der Waals surface area contributed by atoms with Crippen molar-refractivity contribution in [2.45, 2.75) is 17.8 Å². The number of aromatic amines is 1. The summed E-state index contributed by atoms with van der Waals surface area (Å²) in [6.45, 7) is 2.08. The quantitative estimate of drug-likeness (QED) is 0.701. The molecule has 3 rings (SSSR count). The molecule has 0 fully saturated rings. The van der Waals surface area contributed by atoms with Gasteiger partial charge in [-0.05, 0) is 41.8 Å². The minimum Gasteiger partial charge on any atom is -0.259 e. The number of hydrogen-bond acceptors (Lipinski definition) is 4. The monoisotopic (exact) mass is 332 g/mol. The second-order valence-corrected chi connectivity index (χ2v) is 6.24. The number of H-pyrrole nitrogens is 1. The largest absolute Gasteiger partial charge is 0.259 e. The smallest absolute Gasteiger partial charge is 0.209 e. The molecule has 24 heavy (non-hydrogen) atoms. The molecule has 0 aliphatic heterocycles. The third kappa shape index (κ3) is 4.12. The van der Waals surface area contributed by atoms with Crippen LogP contribution < -0.4 is 0 Å². The summed E-state index contributed by atoms with van der Waals surface area (Å²) in [5.74, 6) is 1.46. The lowest BCUT2D eigenvalue weighted by Crippen LogP contribution is -1.84. The van der Waals surface area contributed by atoms with Crippen molar-refractivity contribution >= 4 is 23.9 Å². The van der Waals surface area contributed by atoms with Gasteiger partial charge in [0.1, 0.15) is 5.82 Å². The molecule has 4 nitrogen and oxygen atoms in total. The van der Waals surface area contributed by atoms with Gasteiger partial charge in [-0.2, -0.15) is 5.26 Å². The highest BCUT2D eigenvalue weighted by Gasteiger charge is 2.03. The van der Waals surface area contributed by atoms with Crippen molar-refractivity contribution in [2.75, 3.05) is 0 Å². The summed E-state index contributed by atoms with van der Waals surface area (Å²) in [5.41, 5.74) is 4.14. The minimum absolute atomic E-state index is 0.671. The van der Waals surface area contributed by atoms with Gasteiger partial charge >= 0.3 is 0 Å². The van der Waals surface area contributed by atoms with Crippen molar-refractivity contribution in [1.29, 1.82) is 5.26 Å². The number of rotatable bonds is 5. The van der Waals surface area contributed by atoms with Crippen LogP contribution in [-0.4, -0.2) is 15.2 Å². The molecule has 2 aromatic carbocycles. The first kappa shape index (κ1) is 16.0. The average Bonchev–Trinajstić information content (AvgIpc) is 3.07. The zero-order valence-electron chi connectivity index (χ0n) is 13.2. The molecule has 0 aliphatic carbocycles. The number of aryl methyl sites for hydroxylation is 1. The zero-order valence-corrected chi connectivity index (χ0v) is 14.0. The lowest BCUT2D eigenvalue weighted by Gasteiger charge is -1.98. The van der Waals surface area contributed by atoms with E-state index in [0.717, 1.165) is 22.7 Å². The molecule has 1 N–H and O–H groups in total. The normalized spacial score (nSPS) is 10.8. The molecule has 0 unspecified atom stereocenters. The van der Waals surface area contributed by atoms with Crippen molar-refractivity contribution in [3.8, 4) is 6.07 Å². The molecule has 0 aliphatic rings. The summed E-state index contributed by atoms with van der Waals surface area (Å²) in [7, 11) is 0. The lowest BCUT2D eigenvalue weighted by atomic mass is 10.1. The molecule has 5 heteroatoms. The fraction of sp³-hybridized carbons (Fsp3) is 0.105. The van der Waals surface area contributed by atoms with Crippen molar-refractivity contribution in [1.82, 2.24) is 15.2 Å². The maximum Gasteiger partial charge on any atom is 0.209 e. The first-order valence-electron chi connectivity index (χ1n) is 7.52. The molecule has 0 bridgehead atoms. The Bertz CT molecular complexity index is 905. The first-order chi connectivity index (χ1) is 11.7. The van der Waals surface area contributed by atoms with Gasteiger partial charge in [0, 0.05) is 5.75 Å². The molecule has 118 valence electrons. The Morgan fingerprint density at radius 3 is 2.88 bits per heavy atom. The van der Waals surface area contributed by atoms with Gasteiger partial charge in [0.15, 0.2) is 0 Å². The Labute approximate surface area is 145 Å². The van der Waals surface area contributed by atoms with E-state index in [-0.39, 0.29) is 0 Å². The van der Waals surface area contributed by atoms with Gasteiger partial charge in [-0.3, -0.25) is 5.10 Å². The summed E-state index contributed by atoms with van der Waals surface area (Å²) in [6, 6.07) is 17.9. The third-order valence-electron chi connectivity index (χ3n) is 3.52. The van der Waals surface area contributed by atoms with E-state index in [9.17, 15) is 0 Å². The SMILES string of the molecule is Cc1ccccc1/C=C/c1nc(SCc2cccc(C#N)c2)n[nH]1.